The summed E-state index contributed by atoms with van der Waals surface area (Å²) in [6.45, 7) is 2.37. The molecule has 1 amide bonds. The first-order chi connectivity index (χ1) is 8.93. The molecule has 0 aliphatic heterocycles. The molecule has 114 valence electrons. The fraction of sp³-hybridized carbons (Fsp3) is 0.500. The molecule has 0 heterocycles. The van der Waals surface area contributed by atoms with Gasteiger partial charge in [-0.3, -0.25) is 4.79 Å². The topological polar surface area (TPSA) is 75.8 Å². The van der Waals surface area contributed by atoms with Gasteiger partial charge >= 0.3 is 0 Å². The minimum Gasteiger partial charge on any atom is -0.504 e. The van der Waals surface area contributed by atoms with Crippen LogP contribution in [-0.4, -0.2) is 36.1 Å². The SMILES string of the molecule is COc1cc(CN(C)C(=O)CCC(C)N)ccc1O.Cl. The van der Waals surface area contributed by atoms with Gasteiger partial charge < -0.3 is 20.5 Å². The predicted molar refractivity (Wildman–Crippen MR) is 81.3 cm³/mol. The first-order valence-corrected chi connectivity index (χ1v) is 6.29. The van der Waals surface area contributed by atoms with Crippen LogP contribution >= 0.6 is 12.4 Å². The number of hydrogen-bond donors (Lipinski definition) is 2. The lowest BCUT2D eigenvalue weighted by Gasteiger charge is -2.18. The maximum absolute atomic E-state index is 11.9. The Morgan fingerprint density at radius 3 is 2.70 bits per heavy atom. The molecule has 1 aromatic carbocycles. The third-order valence-corrected chi connectivity index (χ3v) is 2.90. The Labute approximate surface area is 126 Å². The number of nitrogens with two attached hydrogens (primary N) is 1. The number of carbonyl (C=O) groups is 1. The standard InChI is InChI=1S/C14H22N2O3.ClH/c1-10(15)4-7-14(18)16(2)9-11-5-6-12(17)13(8-11)19-3;/h5-6,8,10,17H,4,7,9,15H2,1-3H3;1H. The summed E-state index contributed by atoms with van der Waals surface area (Å²) in [7, 11) is 3.25. The third kappa shape index (κ3) is 5.67. The van der Waals surface area contributed by atoms with Crippen molar-refractivity contribution in [2.75, 3.05) is 14.2 Å². The van der Waals surface area contributed by atoms with Crippen LogP contribution in [0.25, 0.3) is 0 Å². The number of phenols is 1. The van der Waals surface area contributed by atoms with E-state index in [0.717, 1.165) is 5.56 Å². The van der Waals surface area contributed by atoms with E-state index in [2.05, 4.69) is 0 Å². The summed E-state index contributed by atoms with van der Waals surface area (Å²) < 4.78 is 5.04. The Morgan fingerprint density at radius 1 is 1.50 bits per heavy atom. The highest BCUT2D eigenvalue weighted by atomic mass is 35.5. The summed E-state index contributed by atoms with van der Waals surface area (Å²) in [6.07, 6.45) is 1.13. The van der Waals surface area contributed by atoms with Gasteiger partial charge in [0, 0.05) is 26.1 Å². The Morgan fingerprint density at radius 2 is 2.15 bits per heavy atom. The van der Waals surface area contributed by atoms with Gasteiger partial charge in [-0.15, -0.1) is 12.4 Å². The first-order valence-electron chi connectivity index (χ1n) is 6.29. The van der Waals surface area contributed by atoms with Crippen LogP contribution in [0.4, 0.5) is 0 Å². The lowest BCUT2D eigenvalue weighted by molar-refractivity contribution is -0.130. The molecule has 5 nitrogen and oxygen atoms in total. The number of benzene rings is 1. The van der Waals surface area contributed by atoms with E-state index in [0.29, 0.717) is 25.1 Å². The normalized spacial score (nSPS) is 11.4. The van der Waals surface area contributed by atoms with Gasteiger partial charge in [0.1, 0.15) is 0 Å². The molecule has 6 heteroatoms. The first kappa shape index (κ1) is 18.5. The van der Waals surface area contributed by atoms with Crippen molar-refractivity contribution in [2.45, 2.75) is 32.4 Å². The molecule has 0 aromatic heterocycles. The molecule has 1 unspecified atom stereocenters. The van der Waals surface area contributed by atoms with Crippen LogP contribution in [0.2, 0.25) is 0 Å². The van der Waals surface area contributed by atoms with E-state index in [1.165, 1.54) is 7.11 Å². The maximum atomic E-state index is 11.9. The number of hydrogen-bond acceptors (Lipinski definition) is 4. The zero-order chi connectivity index (χ0) is 14.4. The number of ether oxygens (including phenoxy) is 1. The van der Waals surface area contributed by atoms with Crippen LogP contribution in [0.5, 0.6) is 11.5 Å². The van der Waals surface area contributed by atoms with Crippen molar-refractivity contribution in [1.29, 1.82) is 0 Å². The summed E-state index contributed by atoms with van der Waals surface area (Å²) >= 11 is 0. The van der Waals surface area contributed by atoms with E-state index in [1.807, 2.05) is 6.92 Å². The average Bonchev–Trinajstić information content (AvgIpc) is 2.37. The van der Waals surface area contributed by atoms with Crippen LogP contribution in [0.3, 0.4) is 0 Å². The van der Waals surface area contributed by atoms with E-state index < -0.39 is 0 Å². The number of nitrogens with zero attached hydrogens (tertiary/aromatic N) is 1. The van der Waals surface area contributed by atoms with Crippen LogP contribution in [0.1, 0.15) is 25.3 Å². The summed E-state index contributed by atoms with van der Waals surface area (Å²) in [5, 5.41) is 9.50. The molecule has 20 heavy (non-hydrogen) atoms. The van der Waals surface area contributed by atoms with E-state index in [-0.39, 0.29) is 30.1 Å². The molecule has 1 rings (SSSR count). The minimum absolute atomic E-state index is 0. The highest BCUT2D eigenvalue weighted by molar-refractivity contribution is 5.85. The largest absolute Gasteiger partial charge is 0.504 e. The zero-order valence-corrected chi connectivity index (χ0v) is 12.9. The van der Waals surface area contributed by atoms with E-state index in [4.69, 9.17) is 10.5 Å². The number of rotatable bonds is 6. The van der Waals surface area contributed by atoms with Crippen LogP contribution < -0.4 is 10.5 Å². The summed E-state index contributed by atoms with van der Waals surface area (Å²) in [5.41, 5.74) is 6.54. The van der Waals surface area contributed by atoms with E-state index in [1.54, 1.807) is 30.1 Å². The highest BCUT2D eigenvalue weighted by Gasteiger charge is 2.11. The second-order valence-corrected chi connectivity index (χ2v) is 4.77. The number of phenolic OH excluding ortho intramolecular Hbond substituents is 1. The van der Waals surface area contributed by atoms with Crippen molar-refractivity contribution in [1.82, 2.24) is 4.90 Å². The summed E-state index contributed by atoms with van der Waals surface area (Å²) in [5.74, 6) is 0.565. The Balaban J connectivity index is 0.00000361. The maximum Gasteiger partial charge on any atom is 0.222 e. The highest BCUT2D eigenvalue weighted by Crippen LogP contribution is 2.26. The van der Waals surface area contributed by atoms with Crippen molar-refractivity contribution in [2.24, 2.45) is 5.73 Å². The van der Waals surface area contributed by atoms with Crippen LogP contribution in [0, 0.1) is 0 Å². The molecule has 0 bridgehead atoms. The van der Waals surface area contributed by atoms with Gasteiger partial charge in [-0.2, -0.15) is 0 Å². The van der Waals surface area contributed by atoms with Crippen LogP contribution in [-0.2, 0) is 11.3 Å². The second kappa shape index (κ2) is 8.66. The Kier molecular flexibility index (Phi) is 8.03. The quantitative estimate of drug-likeness (QED) is 0.841. The molecular weight excluding hydrogens is 280 g/mol. The van der Waals surface area contributed by atoms with Gasteiger partial charge in [0.05, 0.1) is 7.11 Å². The summed E-state index contributed by atoms with van der Waals surface area (Å²) in [4.78, 5) is 13.5. The third-order valence-electron chi connectivity index (χ3n) is 2.90. The van der Waals surface area contributed by atoms with Crippen molar-refractivity contribution in [3.63, 3.8) is 0 Å². The van der Waals surface area contributed by atoms with Crippen molar-refractivity contribution in [3.05, 3.63) is 23.8 Å². The lowest BCUT2D eigenvalue weighted by Crippen LogP contribution is -2.28. The van der Waals surface area contributed by atoms with Crippen LogP contribution in [0.15, 0.2) is 18.2 Å². The number of amides is 1. The second-order valence-electron chi connectivity index (χ2n) is 4.77. The van der Waals surface area contributed by atoms with Crippen molar-refractivity contribution >= 4 is 18.3 Å². The molecule has 1 atom stereocenters. The molecule has 0 saturated carbocycles. The fourth-order valence-corrected chi connectivity index (χ4v) is 1.72. The Bertz CT molecular complexity index is 438. The molecule has 0 spiro atoms. The average molecular weight is 303 g/mol. The molecule has 0 aliphatic carbocycles. The monoisotopic (exact) mass is 302 g/mol. The number of aromatic hydroxyl groups is 1. The van der Waals surface area contributed by atoms with E-state index >= 15 is 0 Å². The smallest absolute Gasteiger partial charge is 0.222 e. The van der Waals surface area contributed by atoms with Gasteiger partial charge in [0.15, 0.2) is 11.5 Å². The number of carbonyl (C=O) groups excluding carboxylic acids is 1. The lowest BCUT2D eigenvalue weighted by atomic mass is 10.1. The number of halogens is 1. The van der Waals surface area contributed by atoms with Crippen molar-refractivity contribution in [3.8, 4) is 11.5 Å². The molecule has 1 aromatic rings. The molecule has 0 aliphatic rings. The van der Waals surface area contributed by atoms with Gasteiger partial charge in [0.2, 0.25) is 5.91 Å². The van der Waals surface area contributed by atoms with Gasteiger partial charge in [-0.25, -0.2) is 0 Å². The predicted octanol–water partition coefficient (Wildman–Crippen LogP) is 1.91. The minimum atomic E-state index is 0. The van der Waals surface area contributed by atoms with Crippen molar-refractivity contribution < 1.29 is 14.6 Å². The molecular formula is C14H23ClN2O3. The summed E-state index contributed by atoms with van der Waals surface area (Å²) in [6, 6.07) is 5.10. The molecule has 0 fully saturated rings. The van der Waals surface area contributed by atoms with Gasteiger partial charge in [0.25, 0.3) is 0 Å². The molecule has 0 radical (unpaired) electrons. The van der Waals surface area contributed by atoms with Gasteiger partial charge in [-0.1, -0.05) is 6.07 Å². The molecule has 3 N–H and O–H groups in total. The number of methoxy groups -OCH3 is 1. The fourth-order valence-electron chi connectivity index (χ4n) is 1.72. The van der Waals surface area contributed by atoms with Gasteiger partial charge in [-0.05, 0) is 31.0 Å². The Hall–Kier alpha value is -1.46. The molecule has 0 saturated heterocycles. The van der Waals surface area contributed by atoms with E-state index in [9.17, 15) is 9.90 Å². The zero-order valence-electron chi connectivity index (χ0n) is 12.1.